The minimum atomic E-state index is 0.0791. The van der Waals surface area contributed by atoms with Crippen LogP contribution in [0.25, 0.3) is 10.9 Å². The normalized spacial score (nSPS) is 11.0. The summed E-state index contributed by atoms with van der Waals surface area (Å²) in [6.07, 6.45) is 1.30. The van der Waals surface area contributed by atoms with Gasteiger partial charge in [-0.2, -0.15) is 0 Å². The standard InChI is InChI=1S/C17H23ClN4O/c1-4-15-21-14-10-12(18)5-6-13(14)17(22-15)20-8-7-19-16(23)9-11(2)3/h5-6,10-11H,4,7-9H2,1-3H3,(H,19,23)(H,20,21,22). The van der Waals surface area contributed by atoms with Gasteiger partial charge in [-0.1, -0.05) is 32.4 Å². The van der Waals surface area contributed by atoms with Crippen molar-refractivity contribution in [3.63, 3.8) is 0 Å². The molecule has 2 aromatic rings. The van der Waals surface area contributed by atoms with Crippen molar-refractivity contribution in [2.24, 2.45) is 5.92 Å². The van der Waals surface area contributed by atoms with Crippen LogP contribution in [0.3, 0.4) is 0 Å². The van der Waals surface area contributed by atoms with Gasteiger partial charge in [-0.3, -0.25) is 4.79 Å². The van der Waals surface area contributed by atoms with Crippen LogP contribution in [0.15, 0.2) is 18.2 Å². The first-order valence-corrected chi connectivity index (χ1v) is 8.34. The van der Waals surface area contributed by atoms with Gasteiger partial charge in [0.2, 0.25) is 5.91 Å². The van der Waals surface area contributed by atoms with Gasteiger partial charge in [-0.15, -0.1) is 0 Å². The van der Waals surface area contributed by atoms with Crippen molar-refractivity contribution in [1.82, 2.24) is 15.3 Å². The number of hydrogen-bond donors (Lipinski definition) is 2. The SMILES string of the molecule is CCc1nc(NCCNC(=O)CC(C)C)c2ccc(Cl)cc2n1. The third kappa shape index (κ3) is 5.06. The van der Waals surface area contributed by atoms with Crippen LogP contribution in [-0.2, 0) is 11.2 Å². The fourth-order valence-corrected chi connectivity index (χ4v) is 2.44. The highest BCUT2D eigenvalue weighted by Crippen LogP contribution is 2.23. The maximum absolute atomic E-state index is 11.6. The summed E-state index contributed by atoms with van der Waals surface area (Å²) < 4.78 is 0. The molecule has 0 radical (unpaired) electrons. The summed E-state index contributed by atoms with van der Waals surface area (Å²) in [5.41, 5.74) is 0.829. The molecule has 0 aliphatic heterocycles. The van der Waals surface area contributed by atoms with E-state index in [2.05, 4.69) is 20.6 Å². The second-order valence-corrected chi connectivity index (χ2v) is 6.31. The molecule has 0 unspecified atom stereocenters. The molecule has 1 heterocycles. The van der Waals surface area contributed by atoms with E-state index in [0.29, 0.717) is 30.5 Å². The van der Waals surface area contributed by atoms with E-state index in [1.54, 1.807) is 0 Å². The largest absolute Gasteiger partial charge is 0.368 e. The summed E-state index contributed by atoms with van der Waals surface area (Å²) in [5, 5.41) is 7.77. The fourth-order valence-electron chi connectivity index (χ4n) is 2.27. The minimum absolute atomic E-state index is 0.0791. The lowest BCUT2D eigenvalue weighted by Crippen LogP contribution is -2.29. The summed E-state index contributed by atoms with van der Waals surface area (Å²) in [7, 11) is 0. The third-order valence-electron chi connectivity index (χ3n) is 3.35. The van der Waals surface area contributed by atoms with Gasteiger partial charge in [-0.05, 0) is 24.1 Å². The first-order valence-electron chi connectivity index (χ1n) is 7.96. The van der Waals surface area contributed by atoms with Crippen LogP contribution in [0, 0.1) is 5.92 Å². The number of benzene rings is 1. The lowest BCUT2D eigenvalue weighted by Gasteiger charge is -2.11. The Kier molecular flexibility index (Phi) is 6.16. The van der Waals surface area contributed by atoms with Crippen molar-refractivity contribution in [1.29, 1.82) is 0 Å². The lowest BCUT2D eigenvalue weighted by molar-refractivity contribution is -0.121. The Hall–Kier alpha value is -1.88. The van der Waals surface area contributed by atoms with Crippen molar-refractivity contribution in [2.75, 3.05) is 18.4 Å². The zero-order chi connectivity index (χ0) is 16.8. The minimum Gasteiger partial charge on any atom is -0.368 e. The smallest absolute Gasteiger partial charge is 0.220 e. The Balaban J connectivity index is 2.03. The molecule has 0 aliphatic carbocycles. The average Bonchev–Trinajstić information content (AvgIpc) is 2.49. The first-order chi connectivity index (χ1) is 11.0. The highest BCUT2D eigenvalue weighted by atomic mass is 35.5. The second-order valence-electron chi connectivity index (χ2n) is 5.88. The van der Waals surface area contributed by atoms with Gasteiger partial charge in [0.1, 0.15) is 11.6 Å². The van der Waals surface area contributed by atoms with Crippen molar-refractivity contribution in [3.8, 4) is 0 Å². The van der Waals surface area contributed by atoms with Crippen molar-refractivity contribution >= 4 is 34.2 Å². The summed E-state index contributed by atoms with van der Waals surface area (Å²) in [6, 6.07) is 5.58. The van der Waals surface area contributed by atoms with Crippen LogP contribution < -0.4 is 10.6 Å². The number of carbonyl (C=O) groups is 1. The first kappa shape index (κ1) is 17.5. The van der Waals surface area contributed by atoms with Crippen LogP contribution in [0.4, 0.5) is 5.82 Å². The zero-order valence-corrected chi connectivity index (χ0v) is 14.6. The number of rotatable bonds is 7. The molecule has 0 spiro atoms. The van der Waals surface area contributed by atoms with E-state index in [1.165, 1.54) is 0 Å². The quantitative estimate of drug-likeness (QED) is 0.761. The second kappa shape index (κ2) is 8.11. The predicted octanol–water partition coefficient (Wildman–Crippen LogP) is 3.42. The van der Waals surface area contributed by atoms with Crippen LogP contribution in [0.1, 0.15) is 33.0 Å². The van der Waals surface area contributed by atoms with Crippen molar-refractivity contribution in [3.05, 3.63) is 29.0 Å². The summed E-state index contributed by atoms with van der Waals surface area (Å²) in [4.78, 5) is 20.7. The molecule has 0 aliphatic rings. The Morgan fingerprint density at radius 3 is 2.74 bits per heavy atom. The van der Waals surface area contributed by atoms with Gasteiger partial charge in [0, 0.05) is 36.3 Å². The Morgan fingerprint density at radius 2 is 2.04 bits per heavy atom. The highest BCUT2D eigenvalue weighted by Gasteiger charge is 2.08. The van der Waals surface area contributed by atoms with Gasteiger partial charge in [0.15, 0.2) is 0 Å². The summed E-state index contributed by atoms with van der Waals surface area (Å²) in [5.74, 6) is 1.99. The molecule has 0 saturated carbocycles. The van der Waals surface area contributed by atoms with Crippen LogP contribution in [-0.4, -0.2) is 29.0 Å². The Morgan fingerprint density at radius 1 is 1.26 bits per heavy atom. The number of anilines is 1. The molecule has 0 bridgehead atoms. The zero-order valence-electron chi connectivity index (χ0n) is 13.8. The van der Waals surface area contributed by atoms with E-state index in [4.69, 9.17) is 11.6 Å². The lowest BCUT2D eigenvalue weighted by atomic mass is 10.1. The number of aromatic nitrogens is 2. The number of fused-ring (bicyclic) bond motifs is 1. The molecule has 23 heavy (non-hydrogen) atoms. The molecule has 1 aromatic carbocycles. The van der Waals surface area contributed by atoms with Gasteiger partial charge < -0.3 is 10.6 Å². The van der Waals surface area contributed by atoms with E-state index in [0.717, 1.165) is 29.0 Å². The predicted molar refractivity (Wildman–Crippen MR) is 94.9 cm³/mol. The third-order valence-corrected chi connectivity index (χ3v) is 3.59. The number of carbonyl (C=O) groups excluding carboxylic acids is 1. The molecular formula is C17H23ClN4O. The Labute approximate surface area is 141 Å². The van der Waals surface area contributed by atoms with Crippen molar-refractivity contribution in [2.45, 2.75) is 33.6 Å². The maximum atomic E-state index is 11.6. The average molecular weight is 335 g/mol. The van der Waals surface area contributed by atoms with Crippen LogP contribution in [0.5, 0.6) is 0 Å². The van der Waals surface area contributed by atoms with E-state index in [-0.39, 0.29) is 5.91 Å². The molecule has 5 nitrogen and oxygen atoms in total. The molecule has 2 N–H and O–H groups in total. The van der Waals surface area contributed by atoms with E-state index >= 15 is 0 Å². The molecule has 124 valence electrons. The van der Waals surface area contributed by atoms with E-state index in [1.807, 2.05) is 39.0 Å². The maximum Gasteiger partial charge on any atom is 0.220 e. The summed E-state index contributed by atoms with van der Waals surface area (Å²) in [6.45, 7) is 7.25. The van der Waals surface area contributed by atoms with Crippen molar-refractivity contribution < 1.29 is 4.79 Å². The van der Waals surface area contributed by atoms with Gasteiger partial charge in [-0.25, -0.2) is 9.97 Å². The van der Waals surface area contributed by atoms with E-state index in [9.17, 15) is 4.79 Å². The number of halogens is 1. The molecular weight excluding hydrogens is 312 g/mol. The molecule has 2 rings (SSSR count). The number of hydrogen-bond acceptors (Lipinski definition) is 4. The van der Waals surface area contributed by atoms with Crippen LogP contribution in [0.2, 0.25) is 5.02 Å². The fraction of sp³-hybridized carbons (Fsp3) is 0.471. The highest BCUT2D eigenvalue weighted by molar-refractivity contribution is 6.31. The monoisotopic (exact) mass is 334 g/mol. The molecule has 6 heteroatoms. The molecule has 0 atom stereocenters. The molecule has 1 amide bonds. The summed E-state index contributed by atoms with van der Waals surface area (Å²) >= 11 is 6.04. The Bertz CT molecular complexity index is 688. The van der Waals surface area contributed by atoms with Gasteiger partial charge >= 0.3 is 0 Å². The number of amides is 1. The van der Waals surface area contributed by atoms with Crippen LogP contribution >= 0.6 is 11.6 Å². The molecule has 0 fully saturated rings. The van der Waals surface area contributed by atoms with Gasteiger partial charge in [0.05, 0.1) is 5.52 Å². The number of nitrogens with one attached hydrogen (secondary N) is 2. The molecule has 1 aromatic heterocycles. The number of nitrogens with zero attached hydrogens (tertiary/aromatic N) is 2. The number of aryl methyl sites for hydroxylation is 1. The van der Waals surface area contributed by atoms with Gasteiger partial charge in [0.25, 0.3) is 0 Å². The topological polar surface area (TPSA) is 66.9 Å². The van der Waals surface area contributed by atoms with E-state index < -0.39 is 0 Å². The molecule has 0 saturated heterocycles.